The number of anilines is 3. The van der Waals surface area contributed by atoms with E-state index in [4.69, 9.17) is 14.7 Å². The van der Waals surface area contributed by atoms with Gasteiger partial charge >= 0.3 is 6.09 Å². The molecule has 11 nitrogen and oxygen atoms in total. The summed E-state index contributed by atoms with van der Waals surface area (Å²) in [6, 6.07) is 3.14. The third-order valence-electron chi connectivity index (χ3n) is 7.02. The number of fused-ring (bicyclic) bond motifs is 1. The Morgan fingerprint density at radius 2 is 2.08 bits per heavy atom. The highest BCUT2D eigenvalue weighted by Crippen LogP contribution is 2.31. The van der Waals surface area contributed by atoms with E-state index in [1.165, 1.54) is 4.90 Å². The summed E-state index contributed by atoms with van der Waals surface area (Å²) < 4.78 is 9.87. The fraction of sp³-hybridized carbons (Fsp3) is 0.600. The van der Waals surface area contributed by atoms with E-state index < -0.39 is 14.2 Å². The number of aromatic nitrogens is 5. The van der Waals surface area contributed by atoms with Gasteiger partial charge in [-0.25, -0.2) is 4.79 Å². The summed E-state index contributed by atoms with van der Waals surface area (Å²) in [4.78, 5) is 25.2. The fourth-order valence-corrected chi connectivity index (χ4v) is 5.35. The Kier molecular flexibility index (Phi) is 8.07. The number of aryl methyl sites for hydroxylation is 1. The van der Waals surface area contributed by atoms with E-state index in [9.17, 15) is 9.90 Å². The Labute approximate surface area is 219 Å². The normalized spacial score (nSPS) is 18.4. The standard InChI is InChI=1S/C25H40N8O3Si/c1-7-32-15-19(14-26-32)27-24-28-22(30(3)20-9-8-18(2)33(16-20)25(34)35)21-10-11-31(23(21)29-24)17-36-12-13-37(4,5)6/h10-11,14-15,18,20H,7-9,12-13,16-17H2,1-6H3,(H,34,35)(H,27,28,29)/t18-,20+/m0/s1. The quantitative estimate of drug-likeness (QED) is 0.288. The first-order chi connectivity index (χ1) is 17.6. The smallest absolute Gasteiger partial charge is 0.407 e. The van der Waals surface area contributed by atoms with Gasteiger partial charge in [-0.2, -0.15) is 15.1 Å². The predicted molar refractivity (Wildman–Crippen MR) is 148 cm³/mol. The molecule has 12 heteroatoms. The molecule has 2 atom stereocenters. The highest BCUT2D eigenvalue weighted by molar-refractivity contribution is 6.76. The number of rotatable bonds is 10. The van der Waals surface area contributed by atoms with E-state index in [0.717, 1.165) is 54.6 Å². The summed E-state index contributed by atoms with van der Waals surface area (Å²) in [5.41, 5.74) is 1.58. The SMILES string of the molecule is CCn1cc(Nc2nc(N(C)[C@@H]3CC[C@H](C)N(C(=O)O)C3)c3ccn(COCC[Si](C)(C)C)c3n2)cn1. The van der Waals surface area contributed by atoms with Crippen LogP contribution < -0.4 is 10.2 Å². The van der Waals surface area contributed by atoms with Gasteiger partial charge in [0.1, 0.15) is 18.2 Å². The molecule has 0 unspecified atom stereocenters. The van der Waals surface area contributed by atoms with Gasteiger partial charge < -0.3 is 29.5 Å². The number of ether oxygens (including phenoxy) is 1. The van der Waals surface area contributed by atoms with Crippen molar-refractivity contribution in [3.05, 3.63) is 24.7 Å². The number of hydrogen-bond donors (Lipinski definition) is 2. The van der Waals surface area contributed by atoms with E-state index in [2.05, 4.69) is 35.0 Å². The maximum absolute atomic E-state index is 11.8. The van der Waals surface area contributed by atoms with Crippen molar-refractivity contribution in [3.63, 3.8) is 0 Å². The number of amides is 1. The van der Waals surface area contributed by atoms with Crippen LogP contribution in [0.5, 0.6) is 0 Å². The third-order valence-corrected chi connectivity index (χ3v) is 8.73. The average Bonchev–Trinajstić information content (AvgIpc) is 3.47. The fourth-order valence-electron chi connectivity index (χ4n) is 4.59. The molecule has 2 N–H and O–H groups in total. The molecule has 1 amide bonds. The van der Waals surface area contributed by atoms with Crippen molar-refractivity contribution in [2.75, 3.05) is 30.4 Å². The van der Waals surface area contributed by atoms with Crippen molar-refractivity contribution in [1.82, 2.24) is 29.2 Å². The molecular formula is C25H40N8O3Si. The zero-order valence-electron chi connectivity index (χ0n) is 22.8. The minimum atomic E-state index is -1.18. The lowest BCUT2D eigenvalue weighted by atomic mass is 9.99. The molecule has 1 aliphatic rings. The van der Waals surface area contributed by atoms with Gasteiger partial charge in [0.25, 0.3) is 0 Å². The van der Waals surface area contributed by atoms with Gasteiger partial charge in [0.15, 0.2) is 0 Å². The van der Waals surface area contributed by atoms with Crippen LogP contribution in [0.15, 0.2) is 24.7 Å². The van der Waals surface area contributed by atoms with Crippen LogP contribution in [0.1, 0.15) is 26.7 Å². The molecule has 1 aliphatic heterocycles. The summed E-state index contributed by atoms with van der Waals surface area (Å²) >= 11 is 0. The number of carboxylic acid groups (broad SMARTS) is 1. The van der Waals surface area contributed by atoms with E-state index in [0.29, 0.717) is 19.2 Å². The number of piperidine rings is 1. The van der Waals surface area contributed by atoms with Gasteiger partial charge in [0, 0.05) is 59.3 Å². The molecule has 0 aromatic carbocycles. The first kappa shape index (κ1) is 26.9. The van der Waals surface area contributed by atoms with Crippen LogP contribution in [0.3, 0.4) is 0 Å². The molecule has 0 bridgehead atoms. The third kappa shape index (κ3) is 6.42. The van der Waals surface area contributed by atoms with Crippen LogP contribution in [0.25, 0.3) is 11.0 Å². The van der Waals surface area contributed by atoms with Gasteiger partial charge in [-0.15, -0.1) is 0 Å². The molecule has 0 radical (unpaired) electrons. The second-order valence-electron chi connectivity index (χ2n) is 11.1. The Morgan fingerprint density at radius 3 is 2.76 bits per heavy atom. The summed E-state index contributed by atoms with van der Waals surface area (Å²) in [6.07, 6.45) is 6.48. The molecule has 1 fully saturated rings. The molecule has 0 aliphatic carbocycles. The van der Waals surface area contributed by atoms with Crippen molar-refractivity contribution < 1.29 is 14.6 Å². The van der Waals surface area contributed by atoms with Gasteiger partial charge in [-0.1, -0.05) is 19.6 Å². The van der Waals surface area contributed by atoms with Gasteiger partial charge in [0.2, 0.25) is 5.95 Å². The minimum absolute atomic E-state index is 0.00860. The van der Waals surface area contributed by atoms with Crippen molar-refractivity contribution in [1.29, 1.82) is 0 Å². The number of hydrogen-bond acceptors (Lipinski definition) is 7. The summed E-state index contributed by atoms with van der Waals surface area (Å²) in [7, 11) is 0.811. The summed E-state index contributed by atoms with van der Waals surface area (Å²) in [6.45, 7) is 13.4. The number of carbonyl (C=O) groups is 1. The highest BCUT2D eigenvalue weighted by Gasteiger charge is 2.32. The average molecular weight is 529 g/mol. The zero-order chi connectivity index (χ0) is 26.7. The zero-order valence-corrected chi connectivity index (χ0v) is 23.8. The van der Waals surface area contributed by atoms with E-state index in [-0.39, 0.29) is 12.1 Å². The number of nitrogens with zero attached hydrogens (tertiary/aromatic N) is 7. The summed E-state index contributed by atoms with van der Waals surface area (Å²) in [5, 5.41) is 18.2. The topological polar surface area (TPSA) is 114 Å². The second kappa shape index (κ2) is 11.1. The molecule has 3 aromatic heterocycles. The lowest BCUT2D eigenvalue weighted by molar-refractivity contribution is 0.0899. The first-order valence-corrected chi connectivity index (χ1v) is 16.7. The van der Waals surface area contributed by atoms with Gasteiger partial charge in [-0.3, -0.25) is 4.68 Å². The van der Waals surface area contributed by atoms with Crippen LogP contribution in [0, 0.1) is 0 Å². The molecule has 202 valence electrons. The Hall–Kier alpha value is -3.12. The van der Waals surface area contributed by atoms with Crippen LogP contribution in [-0.2, 0) is 18.0 Å². The molecule has 0 saturated carbocycles. The van der Waals surface area contributed by atoms with Crippen molar-refractivity contribution in [3.8, 4) is 0 Å². The number of likely N-dealkylation sites (N-methyl/N-ethyl adjacent to an activating group) is 1. The van der Waals surface area contributed by atoms with E-state index >= 15 is 0 Å². The largest absolute Gasteiger partial charge is 0.465 e. The lowest BCUT2D eigenvalue weighted by Gasteiger charge is -2.40. The molecule has 4 rings (SSSR count). The Morgan fingerprint density at radius 1 is 1.30 bits per heavy atom. The molecule has 4 heterocycles. The van der Waals surface area contributed by atoms with Crippen molar-refractivity contribution >= 4 is 42.7 Å². The maximum Gasteiger partial charge on any atom is 0.407 e. The van der Waals surface area contributed by atoms with Crippen LogP contribution in [-0.4, -0.2) is 80.8 Å². The molecule has 1 saturated heterocycles. The monoisotopic (exact) mass is 528 g/mol. The van der Waals surface area contributed by atoms with Crippen molar-refractivity contribution in [2.24, 2.45) is 0 Å². The Bertz CT molecular complexity index is 1220. The Balaban J connectivity index is 1.64. The molecular weight excluding hydrogens is 488 g/mol. The highest BCUT2D eigenvalue weighted by atomic mass is 28.3. The molecule has 37 heavy (non-hydrogen) atoms. The second-order valence-corrected chi connectivity index (χ2v) is 16.7. The van der Waals surface area contributed by atoms with Crippen LogP contribution in [0.4, 0.5) is 22.2 Å². The number of nitrogens with one attached hydrogen (secondary N) is 1. The molecule has 3 aromatic rings. The minimum Gasteiger partial charge on any atom is -0.465 e. The van der Waals surface area contributed by atoms with Crippen LogP contribution >= 0.6 is 0 Å². The summed E-state index contributed by atoms with van der Waals surface area (Å²) in [5.74, 6) is 1.23. The van der Waals surface area contributed by atoms with Crippen LogP contribution in [0.2, 0.25) is 25.7 Å². The van der Waals surface area contributed by atoms with E-state index in [1.54, 1.807) is 6.20 Å². The van der Waals surface area contributed by atoms with E-state index in [1.807, 2.05) is 48.6 Å². The van der Waals surface area contributed by atoms with Gasteiger partial charge in [-0.05, 0) is 38.8 Å². The predicted octanol–water partition coefficient (Wildman–Crippen LogP) is 4.67. The first-order valence-electron chi connectivity index (χ1n) is 13.0. The lowest BCUT2D eigenvalue weighted by Crippen LogP contribution is -2.52. The van der Waals surface area contributed by atoms with Crippen molar-refractivity contribution in [2.45, 2.75) is 77.7 Å². The number of likely N-dealkylation sites (tertiary alicyclic amines) is 1. The molecule has 0 spiro atoms. The van der Waals surface area contributed by atoms with Gasteiger partial charge in [0.05, 0.1) is 17.3 Å². The maximum atomic E-state index is 11.8.